The Bertz CT molecular complexity index is 309. The van der Waals surface area contributed by atoms with Gasteiger partial charge in [-0.15, -0.1) is 0 Å². The summed E-state index contributed by atoms with van der Waals surface area (Å²) >= 11 is 0. The van der Waals surface area contributed by atoms with Crippen LogP contribution in [0.1, 0.15) is 25.7 Å². The number of amides is 1. The highest BCUT2D eigenvalue weighted by atomic mass is 16.5. The van der Waals surface area contributed by atoms with Gasteiger partial charge in [0.05, 0.1) is 13.0 Å². The summed E-state index contributed by atoms with van der Waals surface area (Å²) in [6.07, 6.45) is 1.79. The van der Waals surface area contributed by atoms with Crippen LogP contribution in [-0.4, -0.2) is 37.4 Å². The summed E-state index contributed by atoms with van der Waals surface area (Å²) < 4.78 is 4.48. The molecule has 3 N–H and O–H groups in total. The molecule has 1 aliphatic carbocycles. The van der Waals surface area contributed by atoms with E-state index in [2.05, 4.69) is 10.1 Å². The normalized spacial score (nSPS) is 17.2. The summed E-state index contributed by atoms with van der Waals surface area (Å²) in [5, 5.41) is 2.72. The third kappa shape index (κ3) is 4.14. The van der Waals surface area contributed by atoms with E-state index in [4.69, 9.17) is 5.73 Å². The number of hydrogen-bond acceptors (Lipinski definition) is 5. The fourth-order valence-corrected chi connectivity index (χ4v) is 1.62. The van der Waals surface area contributed by atoms with Crippen LogP contribution in [0.15, 0.2) is 0 Å². The Balaban J connectivity index is 2.06. The van der Waals surface area contributed by atoms with Crippen molar-refractivity contribution < 1.29 is 19.1 Å². The molecule has 6 heteroatoms. The van der Waals surface area contributed by atoms with Crippen LogP contribution in [0.4, 0.5) is 0 Å². The summed E-state index contributed by atoms with van der Waals surface area (Å²) in [6, 6.07) is -0.637. The fraction of sp³-hybridized carbons (Fsp3) is 0.727. The van der Waals surface area contributed by atoms with Gasteiger partial charge >= 0.3 is 5.97 Å². The van der Waals surface area contributed by atoms with Gasteiger partial charge in [-0.25, -0.2) is 0 Å². The highest BCUT2D eigenvalue weighted by Gasteiger charge is 2.32. The number of hydrogen-bond donors (Lipinski definition) is 2. The molecule has 96 valence electrons. The van der Waals surface area contributed by atoms with Gasteiger partial charge in [-0.3, -0.25) is 14.4 Å². The van der Waals surface area contributed by atoms with Gasteiger partial charge in [0.25, 0.3) is 0 Å². The second-order valence-electron chi connectivity index (χ2n) is 4.21. The number of carbonyl (C=O) groups is 3. The van der Waals surface area contributed by atoms with Crippen molar-refractivity contribution in [3.63, 3.8) is 0 Å². The average Bonchev–Trinajstić information content (AvgIpc) is 2.28. The minimum absolute atomic E-state index is 0.0868. The molecule has 1 fully saturated rings. The van der Waals surface area contributed by atoms with Gasteiger partial charge in [-0.2, -0.15) is 0 Å². The van der Waals surface area contributed by atoms with Crippen molar-refractivity contribution in [1.82, 2.24) is 5.32 Å². The maximum Gasteiger partial charge on any atom is 0.322 e. The van der Waals surface area contributed by atoms with E-state index in [1.165, 1.54) is 7.11 Å². The van der Waals surface area contributed by atoms with E-state index >= 15 is 0 Å². The van der Waals surface area contributed by atoms with Gasteiger partial charge in [0.15, 0.2) is 0 Å². The van der Waals surface area contributed by atoms with Crippen LogP contribution in [0.25, 0.3) is 0 Å². The lowest BCUT2D eigenvalue weighted by molar-refractivity contribution is -0.142. The highest BCUT2D eigenvalue weighted by molar-refractivity contribution is 5.96. The number of rotatable bonds is 6. The van der Waals surface area contributed by atoms with E-state index in [-0.39, 0.29) is 17.6 Å². The van der Waals surface area contributed by atoms with E-state index in [1.54, 1.807) is 0 Å². The molecular formula is C11H18N2O4. The summed E-state index contributed by atoms with van der Waals surface area (Å²) in [5.41, 5.74) is 5.53. The summed E-state index contributed by atoms with van der Waals surface area (Å²) in [7, 11) is 1.29. The zero-order chi connectivity index (χ0) is 12.8. The summed E-state index contributed by atoms with van der Waals surface area (Å²) in [4.78, 5) is 33.1. The Morgan fingerprint density at radius 3 is 2.71 bits per heavy atom. The molecule has 0 aromatic rings. The van der Waals surface area contributed by atoms with E-state index in [9.17, 15) is 14.4 Å². The van der Waals surface area contributed by atoms with Crippen molar-refractivity contribution in [3.05, 3.63) is 0 Å². The molecule has 1 aliphatic rings. The average molecular weight is 242 g/mol. The monoisotopic (exact) mass is 242 g/mol. The van der Waals surface area contributed by atoms with Gasteiger partial charge in [0.1, 0.15) is 11.8 Å². The molecule has 0 bridgehead atoms. The molecule has 0 spiro atoms. The number of methoxy groups -OCH3 is 1. The standard InChI is InChI=1S/C11H18N2O4/c1-17-11(16)9(12)3-2-4-13-10(15)7-5-8(14)6-7/h7,9H,2-6,12H2,1H3,(H,13,15). The molecule has 1 unspecified atom stereocenters. The van der Waals surface area contributed by atoms with Gasteiger partial charge < -0.3 is 15.8 Å². The molecule has 1 amide bonds. The van der Waals surface area contributed by atoms with Crippen molar-refractivity contribution in [2.75, 3.05) is 13.7 Å². The predicted molar refractivity (Wildman–Crippen MR) is 60.0 cm³/mol. The Morgan fingerprint density at radius 1 is 1.53 bits per heavy atom. The van der Waals surface area contributed by atoms with E-state index in [1.807, 2.05) is 0 Å². The maximum absolute atomic E-state index is 11.4. The first kappa shape index (κ1) is 13.6. The van der Waals surface area contributed by atoms with Crippen molar-refractivity contribution in [2.45, 2.75) is 31.7 Å². The number of Topliss-reactive ketones (excluding diaryl/α,β-unsaturated/α-hetero) is 1. The second-order valence-corrected chi connectivity index (χ2v) is 4.21. The van der Waals surface area contributed by atoms with Gasteiger partial charge in [-0.1, -0.05) is 0 Å². The van der Waals surface area contributed by atoms with Crippen molar-refractivity contribution in [1.29, 1.82) is 0 Å². The molecule has 0 aromatic carbocycles. The Hall–Kier alpha value is -1.43. The van der Waals surface area contributed by atoms with Crippen molar-refractivity contribution >= 4 is 17.7 Å². The quantitative estimate of drug-likeness (QED) is 0.477. The Labute approximate surface area is 99.9 Å². The maximum atomic E-state index is 11.4. The number of nitrogens with one attached hydrogen (secondary N) is 1. The molecule has 0 saturated heterocycles. The molecular weight excluding hydrogens is 224 g/mol. The zero-order valence-electron chi connectivity index (χ0n) is 9.90. The van der Waals surface area contributed by atoms with Gasteiger partial charge in [-0.05, 0) is 12.8 Å². The van der Waals surface area contributed by atoms with Gasteiger partial charge in [0.2, 0.25) is 5.91 Å². The number of ether oxygens (including phenoxy) is 1. The lowest BCUT2D eigenvalue weighted by atomic mass is 9.83. The molecule has 0 heterocycles. The summed E-state index contributed by atoms with van der Waals surface area (Å²) in [6.45, 7) is 0.466. The number of nitrogens with two attached hydrogens (primary N) is 1. The van der Waals surface area contributed by atoms with Crippen LogP contribution in [-0.2, 0) is 19.1 Å². The highest BCUT2D eigenvalue weighted by Crippen LogP contribution is 2.22. The first-order valence-electron chi connectivity index (χ1n) is 5.67. The van der Waals surface area contributed by atoms with E-state index < -0.39 is 12.0 Å². The number of esters is 1. The van der Waals surface area contributed by atoms with Crippen LogP contribution in [0.5, 0.6) is 0 Å². The first-order chi connectivity index (χ1) is 8.04. The lowest BCUT2D eigenvalue weighted by Crippen LogP contribution is -2.39. The summed E-state index contributed by atoms with van der Waals surface area (Å²) in [5.74, 6) is -0.549. The molecule has 17 heavy (non-hydrogen) atoms. The van der Waals surface area contributed by atoms with Crippen molar-refractivity contribution in [3.8, 4) is 0 Å². The zero-order valence-corrected chi connectivity index (χ0v) is 9.90. The van der Waals surface area contributed by atoms with E-state index in [0.29, 0.717) is 32.2 Å². The second kappa shape index (κ2) is 6.34. The number of ketones is 1. The fourth-order valence-electron chi connectivity index (χ4n) is 1.62. The van der Waals surface area contributed by atoms with Crippen molar-refractivity contribution in [2.24, 2.45) is 11.7 Å². The smallest absolute Gasteiger partial charge is 0.322 e. The molecule has 1 rings (SSSR count). The predicted octanol–water partition coefficient (Wildman–Crippen LogP) is -0.638. The largest absolute Gasteiger partial charge is 0.468 e. The third-order valence-electron chi connectivity index (χ3n) is 2.81. The van der Waals surface area contributed by atoms with Crippen LogP contribution >= 0.6 is 0 Å². The minimum Gasteiger partial charge on any atom is -0.468 e. The van der Waals surface area contributed by atoms with E-state index in [0.717, 1.165) is 0 Å². The molecule has 1 atom stereocenters. The first-order valence-corrected chi connectivity index (χ1v) is 5.67. The Morgan fingerprint density at radius 2 is 2.18 bits per heavy atom. The molecule has 0 radical (unpaired) electrons. The lowest BCUT2D eigenvalue weighted by Gasteiger charge is -2.22. The topological polar surface area (TPSA) is 98.5 Å². The molecule has 0 aromatic heterocycles. The molecule has 1 saturated carbocycles. The van der Waals surface area contributed by atoms with Crippen LogP contribution in [0.2, 0.25) is 0 Å². The molecule has 6 nitrogen and oxygen atoms in total. The third-order valence-corrected chi connectivity index (χ3v) is 2.81. The van der Waals surface area contributed by atoms with Crippen LogP contribution in [0.3, 0.4) is 0 Å². The van der Waals surface area contributed by atoms with Crippen LogP contribution in [0, 0.1) is 5.92 Å². The van der Waals surface area contributed by atoms with Gasteiger partial charge in [0, 0.05) is 19.4 Å². The minimum atomic E-state index is -0.637. The Kier molecular flexibility index (Phi) is 5.09. The van der Waals surface area contributed by atoms with Crippen LogP contribution < -0.4 is 11.1 Å². The number of carbonyl (C=O) groups excluding carboxylic acids is 3. The SMILES string of the molecule is COC(=O)C(N)CCCNC(=O)C1CC(=O)C1. The molecule has 0 aliphatic heterocycles.